The summed E-state index contributed by atoms with van der Waals surface area (Å²) in [6.07, 6.45) is -4.40. The maximum Gasteiger partial charge on any atom is 0.453 e. The summed E-state index contributed by atoms with van der Waals surface area (Å²) in [4.78, 5) is 25.7. The molecule has 2 N–H and O–H groups in total. The highest BCUT2D eigenvalue weighted by molar-refractivity contribution is 5.89. The highest BCUT2D eigenvalue weighted by Crippen LogP contribution is 2.39. The number of halogens is 3. The van der Waals surface area contributed by atoms with Crippen molar-refractivity contribution in [3.63, 3.8) is 0 Å². The third-order valence-corrected chi connectivity index (χ3v) is 4.63. The number of nitrogens with one attached hydrogen (secondary N) is 1. The number of hydrogen-bond donors (Lipinski definition) is 2. The van der Waals surface area contributed by atoms with Crippen molar-refractivity contribution >= 4 is 16.9 Å². The first-order chi connectivity index (χ1) is 15.5. The molecule has 0 unspecified atom stereocenters. The first-order valence-electron chi connectivity index (χ1n) is 10.2. The van der Waals surface area contributed by atoms with E-state index in [2.05, 4.69) is 0 Å². The van der Waals surface area contributed by atoms with Gasteiger partial charge in [0.1, 0.15) is 18.0 Å². The molecule has 10 heteroatoms. The number of aromatic hydroxyl groups is 1. The number of rotatable bonds is 7. The Hall–Kier alpha value is -3.53. The smallest absolute Gasteiger partial charge is 0.453 e. The molecule has 3 rings (SSSR count). The number of carbonyl (C=O) groups is 1. The van der Waals surface area contributed by atoms with E-state index in [1.165, 1.54) is 36.4 Å². The third kappa shape index (κ3) is 5.28. The van der Waals surface area contributed by atoms with Crippen LogP contribution >= 0.6 is 0 Å². The summed E-state index contributed by atoms with van der Waals surface area (Å²) in [6, 6.07) is 7.56. The van der Waals surface area contributed by atoms with Crippen LogP contribution in [0.1, 0.15) is 35.0 Å². The van der Waals surface area contributed by atoms with E-state index in [1.807, 2.05) is 6.92 Å². The number of alkyl halides is 3. The standard InChI is InChI=1S/C23H22F3NO6/c1-4-11-31-22(30)13-5-7-14(8-6-13)32-20-18(29)15-9-10-17(28)16(12-27(2)3)19(15)33-21(20)23(24,25)26/h5-10,28H,4,11-12H2,1-3H3/p+1. The Bertz CT molecular complexity index is 1220. The first kappa shape index (κ1) is 24.1. The molecule has 0 aliphatic heterocycles. The number of benzene rings is 2. The summed E-state index contributed by atoms with van der Waals surface area (Å²) in [6.45, 7) is 2.19. The zero-order chi connectivity index (χ0) is 24.3. The highest BCUT2D eigenvalue weighted by Gasteiger charge is 2.41. The zero-order valence-electron chi connectivity index (χ0n) is 18.2. The van der Waals surface area contributed by atoms with Crippen LogP contribution in [-0.2, 0) is 17.5 Å². The van der Waals surface area contributed by atoms with Crippen molar-refractivity contribution in [2.75, 3.05) is 20.7 Å². The fourth-order valence-electron chi connectivity index (χ4n) is 3.15. The minimum atomic E-state index is -5.04. The Morgan fingerprint density at radius 1 is 1.12 bits per heavy atom. The number of fused-ring (bicyclic) bond motifs is 1. The summed E-state index contributed by atoms with van der Waals surface area (Å²) >= 11 is 0. The van der Waals surface area contributed by atoms with E-state index < -0.39 is 29.1 Å². The Morgan fingerprint density at radius 3 is 2.36 bits per heavy atom. The van der Waals surface area contributed by atoms with Crippen molar-refractivity contribution < 1.29 is 41.9 Å². The van der Waals surface area contributed by atoms with E-state index in [1.54, 1.807) is 14.1 Å². The van der Waals surface area contributed by atoms with Gasteiger partial charge in [0.2, 0.25) is 11.2 Å². The minimum absolute atomic E-state index is 0.0802. The second-order valence-corrected chi connectivity index (χ2v) is 7.67. The van der Waals surface area contributed by atoms with Gasteiger partial charge in [-0.15, -0.1) is 0 Å². The highest BCUT2D eigenvalue weighted by atomic mass is 19.4. The molecule has 0 saturated carbocycles. The molecule has 2 aromatic carbocycles. The lowest BCUT2D eigenvalue weighted by atomic mass is 10.1. The molecular formula is C23H23F3NO6+. The molecule has 0 spiro atoms. The molecule has 0 aliphatic rings. The van der Waals surface area contributed by atoms with Crippen molar-refractivity contribution in [1.29, 1.82) is 0 Å². The normalized spacial score (nSPS) is 11.7. The lowest BCUT2D eigenvalue weighted by molar-refractivity contribution is -0.872. The summed E-state index contributed by atoms with van der Waals surface area (Å²) in [5.74, 6) is -3.62. The molecule has 7 nitrogen and oxygen atoms in total. The van der Waals surface area contributed by atoms with Crippen LogP contribution < -0.4 is 15.1 Å². The quantitative estimate of drug-likeness (QED) is 0.518. The van der Waals surface area contributed by atoms with Crippen molar-refractivity contribution in [2.24, 2.45) is 0 Å². The molecule has 0 saturated heterocycles. The number of esters is 1. The largest absolute Gasteiger partial charge is 0.507 e. The van der Waals surface area contributed by atoms with Gasteiger partial charge in [-0.2, -0.15) is 13.2 Å². The van der Waals surface area contributed by atoms with Crippen LogP contribution in [0.2, 0.25) is 0 Å². The summed E-state index contributed by atoms with van der Waals surface area (Å²) in [5.41, 5.74) is -1.12. The average Bonchev–Trinajstić information content (AvgIpc) is 2.75. The Morgan fingerprint density at radius 2 is 1.79 bits per heavy atom. The van der Waals surface area contributed by atoms with Gasteiger partial charge in [-0.3, -0.25) is 4.79 Å². The lowest BCUT2D eigenvalue weighted by Crippen LogP contribution is -3.04. The van der Waals surface area contributed by atoms with Gasteiger partial charge in [0.15, 0.2) is 5.58 Å². The minimum Gasteiger partial charge on any atom is -0.507 e. The number of quaternary nitrogens is 1. The first-order valence-corrected chi connectivity index (χ1v) is 10.2. The maximum absolute atomic E-state index is 13.8. The maximum atomic E-state index is 13.8. The average molecular weight is 466 g/mol. The van der Waals surface area contributed by atoms with Crippen LogP contribution in [0.5, 0.6) is 17.2 Å². The number of phenols is 1. The molecule has 0 radical (unpaired) electrons. The second kappa shape index (κ2) is 9.53. The molecule has 176 valence electrons. The van der Waals surface area contributed by atoms with Crippen LogP contribution in [0, 0.1) is 0 Å². The monoisotopic (exact) mass is 466 g/mol. The van der Waals surface area contributed by atoms with Crippen molar-refractivity contribution in [3.05, 3.63) is 63.5 Å². The van der Waals surface area contributed by atoms with Gasteiger partial charge >= 0.3 is 12.1 Å². The summed E-state index contributed by atoms with van der Waals surface area (Å²) in [5, 5.41) is 9.99. The van der Waals surface area contributed by atoms with E-state index in [0.29, 0.717) is 6.42 Å². The third-order valence-electron chi connectivity index (χ3n) is 4.63. The molecule has 0 fully saturated rings. The van der Waals surface area contributed by atoms with Gasteiger partial charge in [0.05, 0.1) is 37.2 Å². The molecule has 0 aliphatic carbocycles. The molecule has 1 aromatic heterocycles. The second-order valence-electron chi connectivity index (χ2n) is 7.67. The Kier molecular flexibility index (Phi) is 6.97. The number of hydrogen-bond acceptors (Lipinski definition) is 6. The van der Waals surface area contributed by atoms with Crippen LogP contribution in [0.15, 0.2) is 45.6 Å². The van der Waals surface area contributed by atoms with Gasteiger partial charge in [-0.05, 0) is 42.8 Å². The van der Waals surface area contributed by atoms with Crippen molar-refractivity contribution in [1.82, 2.24) is 0 Å². The topological polar surface area (TPSA) is 90.4 Å². The van der Waals surface area contributed by atoms with Gasteiger partial charge < -0.3 is 23.9 Å². The molecule has 33 heavy (non-hydrogen) atoms. The van der Waals surface area contributed by atoms with Gasteiger partial charge in [0, 0.05) is 0 Å². The van der Waals surface area contributed by atoms with Gasteiger partial charge in [-0.25, -0.2) is 4.79 Å². The van der Waals surface area contributed by atoms with Crippen LogP contribution in [0.25, 0.3) is 11.0 Å². The molecule has 0 bridgehead atoms. The fraction of sp³-hybridized carbons (Fsp3) is 0.304. The zero-order valence-corrected chi connectivity index (χ0v) is 18.2. The fourth-order valence-corrected chi connectivity index (χ4v) is 3.15. The van der Waals surface area contributed by atoms with Gasteiger partial charge in [-0.1, -0.05) is 6.92 Å². The van der Waals surface area contributed by atoms with E-state index in [-0.39, 0.29) is 46.7 Å². The SMILES string of the molecule is CCCOC(=O)c1ccc(Oc2c(C(F)(F)F)oc3c(C[NH+](C)C)c(O)ccc3c2=O)cc1. The molecule has 0 amide bonds. The van der Waals surface area contributed by atoms with Crippen LogP contribution in [0.4, 0.5) is 13.2 Å². The molecule has 3 aromatic rings. The number of carbonyl (C=O) groups excluding carboxylic acids is 1. The predicted octanol–water partition coefficient (Wildman–Crippen LogP) is 3.52. The van der Waals surface area contributed by atoms with Crippen LogP contribution in [-0.4, -0.2) is 31.8 Å². The molecule has 0 atom stereocenters. The van der Waals surface area contributed by atoms with Crippen molar-refractivity contribution in [2.45, 2.75) is 26.1 Å². The number of phenolic OH excluding ortho intramolecular Hbond substituents is 1. The lowest BCUT2D eigenvalue weighted by Gasteiger charge is -2.16. The van der Waals surface area contributed by atoms with E-state index >= 15 is 0 Å². The van der Waals surface area contributed by atoms with Crippen molar-refractivity contribution in [3.8, 4) is 17.2 Å². The number of ether oxygens (including phenoxy) is 2. The molecule has 1 heterocycles. The Labute approximate surface area is 186 Å². The summed E-state index contributed by atoms with van der Waals surface area (Å²) in [7, 11) is 3.47. The van der Waals surface area contributed by atoms with E-state index in [4.69, 9.17) is 13.9 Å². The molecular weight excluding hydrogens is 443 g/mol. The summed E-state index contributed by atoms with van der Waals surface area (Å²) < 4.78 is 56.8. The predicted molar refractivity (Wildman–Crippen MR) is 113 cm³/mol. The van der Waals surface area contributed by atoms with Gasteiger partial charge in [0.25, 0.3) is 5.76 Å². The van der Waals surface area contributed by atoms with E-state index in [9.17, 15) is 27.9 Å². The van der Waals surface area contributed by atoms with E-state index in [0.717, 1.165) is 4.90 Å². The Balaban J connectivity index is 2.09. The van der Waals surface area contributed by atoms with Crippen LogP contribution in [0.3, 0.4) is 0 Å².